The highest BCUT2D eigenvalue weighted by atomic mass is 32.2. The summed E-state index contributed by atoms with van der Waals surface area (Å²) < 4.78 is 25.2. The molecule has 0 radical (unpaired) electrons. The summed E-state index contributed by atoms with van der Waals surface area (Å²) in [6.45, 7) is 7.80. The molecule has 1 aliphatic heterocycles. The van der Waals surface area contributed by atoms with Gasteiger partial charge in [0.05, 0.1) is 17.4 Å². The van der Waals surface area contributed by atoms with Crippen LogP contribution in [0.2, 0.25) is 0 Å². The Morgan fingerprint density at radius 2 is 1.68 bits per heavy atom. The van der Waals surface area contributed by atoms with Gasteiger partial charge >= 0.3 is 0 Å². The van der Waals surface area contributed by atoms with E-state index in [4.69, 9.17) is 0 Å². The first-order chi connectivity index (χ1) is 13.0. The van der Waals surface area contributed by atoms with Crippen LogP contribution in [0.4, 0.5) is 11.4 Å². The summed E-state index contributed by atoms with van der Waals surface area (Å²) in [5, 5.41) is 2.92. The predicted molar refractivity (Wildman–Crippen MR) is 110 cm³/mol. The highest BCUT2D eigenvalue weighted by molar-refractivity contribution is 7.94. The quantitative estimate of drug-likeness (QED) is 0.854. The predicted octanol–water partition coefficient (Wildman–Crippen LogP) is 3.55. The number of sulfonamides is 1. The molecule has 1 saturated heterocycles. The number of para-hydroxylation sites is 1. The first-order valence-electron chi connectivity index (χ1n) is 9.08. The van der Waals surface area contributed by atoms with Crippen LogP contribution in [0.3, 0.4) is 0 Å². The Kier molecular flexibility index (Phi) is 5.06. The molecule has 6 nitrogen and oxygen atoms in total. The second-order valence-electron chi connectivity index (χ2n) is 8.08. The summed E-state index contributed by atoms with van der Waals surface area (Å²) in [5.74, 6) is -1.51. The van der Waals surface area contributed by atoms with Crippen molar-refractivity contribution in [3.63, 3.8) is 0 Å². The Bertz CT molecular complexity index is 1020. The molecule has 0 unspecified atom stereocenters. The summed E-state index contributed by atoms with van der Waals surface area (Å²) in [5.41, 5.74) is 2.25. The lowest BCUT2D eigenvalue weighted by Gasteiger charge is -2.23. The van der Waals surface area contributed by atoms with Crippen molar-refractivity contribution in [3.05, 3.63) is 59.7 Å². The molecule has 7 heteroatoms. The van der Waals surface area contributed by atoms with Gasteiger partial charge in [-0.15, -0.1) is 0 Å². The molecule has 0 spiro atoms. The number of nitrogens with zero attached hydrogens (tertiary/aromatic N) is 1. The summed E-state index contributed by atoms with van der Waals surface area (Å²) in [6.07, 6.45) is 0. The molecule has 1 N–H and O–H groups in total. The molecule has 1 aliphatic rings. The number of nitrogens with one attached hydrogen (secondary N) is 1. The zero-order valence-electron chi connectivity index (χ0n) is 16.4. The van der Waals surface area contributed by atoms with Gasteiger partial charge in [0.15, 0.2) is 0 Å². The van der Waals surface area contributed by atoms with Crippen LogP contribution in [0.5, 0.6) is 0 Å². The number of benzene rings is 2. The van der Waals surface area contributed by atoms with E-state index in [1.807, 2.05) is 24.3 Å². The third kappa shape index (κ3) is 3.80. The Labute approximate surface area is 165 Å². The largest absolute Gasteiger partial charge is 0.322 e. The van der Waals surface area contributed by atoms with Gasteiger partial charge in [0, 0.05) is 11.3 Å². The molecule has 0 bridgehead atoms. The Balaban J connectivity index is 1.84. The van der Waals surface area contributed by atoms with Crippen molar-refractivity contribution in [1.29, 1.82) is 0 Å². The standard InChI is InChI=1S/C21H24N2O4S/c1-14-13-28(26,27)23(20(14)25)16-11-9-15(10-12-16)19(24)22-18-8-6-5-7-17(18)21(2,3)4/h5-12,14H,13H2,1-4H3,(H,22,24)/t14-/m1/s1. The molecular weight excluding hydrogens is 376 g/mol. The van der Waals surface area contributed by atoms with E-state index in [0.29, 0.717) is 5.56 Å². The number of carbonyl (C=O) groups is 2. The van der Waals surface area contributed by atoms with Crippen molar-refractivity contribution in [3.8, 4) is 0 Å². The van der Waals surface area contributed by atoms with E-state index in [1.54, 1.807) is 6.92 Å². The smallest absolute Gasteiger partial charge is 0.255 e. The minimum Gasteiger partial charge on any atom is -0.322 e. The van der Waals surface area contributed by atoms with Crippen molar-refractivity contribution in [1.82, 2.24) is 0 Å². The number of anilines is 2. The lowest BCUT2D eigenvalue weighted by atomic mass is 9.86. The first kappa shape index (κ1) is 20.1. The maximum Gasteiger partial charge on any atom is 0.255 e. The lowest BCUT2D eigenvalue weighted by Crippen LogP contribution is -2.30. The molecule has 1 heterocycles. The van der Waals surface area contributed by atoms with Crippen molar-refractivity contribution in [2.75, 3.05) is 15.4 Å². The molecule has 3 rings (SSSR count). The minimum atomic E-state index is -3.66. The Morgan fingerprint density at radius 1 is 1.07 bits per heavy atom. The van der Waals surface area contributed by atoms with Gasteiger partial charge in [-0.3, -0.25) is 9.59 Å². The number of carbonyl (C=O) groups excluding carboxylic acids is 2. The van der Waals surface area contributed by atoms with Crippen LogP contribution in [0.1, 0.15) is 43.6 Å². The zero-order valence-corrected chi connectivity index (χ0v) is 17.2. The van der Waals surface area contributed by atoms with Crippen LogP contribution in [0.15, 0.2) is 48.5 Å². The van der Waals surface area contributed by atoms with Crippen molar-refractivity contribution < 1.29 is 18.0 Å². The minimum absolute atomic E-state index is 0.130. The molecule has 0 aliphatic carbocycles. The first-order valence-corrected chi connectivity index (χ1v) is 10.7. The molecule has 1 fully saturated rings. The fraction of sp³-hybridized carbons (Fsp3) is 0.333. The van der Waals surface area contributed by atoms with Gasteiger partial charge in [-0.05, 0) is 41.3 Å². The van der Waals surface area contributed by atoms with Crippen molar-refractivity contribution >= 4 is 33.2 Å². The van der Waals surface area contributed by atoms with Crippen LogP contribution in [0.25, 0.3) is 0 Å². The van der Waals surface area contributed by atoms with Gasteiger partial charge in [-0.25, -0.2) is 12.7 Å². The van der Waals surface area contributed by atoms with E-state index in [9.17, 15) is 18.0 Å². The summed E-state index contributed by atoms with van der Waals surface area (Å²) in [6, 6.07) is 13.6. The van der Waals surface area contributed by atoms with Gasteiger partial charge in [0.2, 0.25) is 15.9 Å². The van der Waals surface area contributed by atoms with Crippen LogP contribution in [-0.2, 0) is 20.2 Å². The van der Waals surface area contributed by atoms with E-state index in [1.165, 1.54) is 24.3 Å². The number of rotatable bonds is 3. The highest BCUT2D eigenvalue weighted by Gasteiger charge is 2.41. The topological polar surface area (TPSA) is 83.6 Å². The van der Waals surface area contributed by atoms with Crippen molar-refractivity contribution in [2.24, 2.45) is 5.92 Å². The van der Waals surface area contributed by atoms with Crippen LogP contribution in [-0.4, -0.2) is 26.0 Å². The monoisotopic (exact) mass is 400 g/mol. The molecule has 0 aromatic heterocycles. The maximum absolute atomic E-state index is 12.7. The third-order valence-electron chi connectivity index (χ3n) is 4.71. The maximum atomic E-state index is 12.7. The van der Waals surface area contributed by atoms with Gasteiger partial charge in [0.1, 0.15) is 0 Å². The van der Waals surface area contributed by atoms with Gasteiger partial charge < -0.3 is 5.32 Å². The summed E-state index contributed by atoms with van der Waals surface area (Å²) >= 11 is 0. The number of hydrogen-bond donors (Lipinski definition) is 1. The summed E-state index contributed by atoms with van der Waals surface area (Å²) in [4.78, 5) is 24.8. The SMILES string of the molecule is C[C@@H]1CS(=O)(=O)N(c2ccc(C(=O)Nc3ccccc3C(C)(C)C)cc2)C1=O. The fourth-order valence-corrected chi connectivity index (χ4v) is 5.10. The van der Waals surface area contributed by atoms with Gasteiger partial charge in [-0.2, -0.15) is 0 Å². The zero-order chi connectivity index (χ0) is 20.7. The molecule has 0 saturated carbocycles. The van der Waals surface area contributed by atoms with E-state index in [-0.39, 0.29) is 22.8 Å². The second-order valence-corrected chi connectivity index (χ2v) is 9.94. The number of amides is 2. The average Bonchev–Trinajstić information content (AvgIpc) is 2.81. The number of hydrogen-bond acceptors (Lipinski definition) is 4. The van der Waals surface area contributed by atoms with Crippen LogP contribution >= 0.6 is 0 Å². The van der Waals surface area contributed by atoms with E-state index >= 15 is 0 Å². The second kappa shape index (κ2) is 7.05. The van der Waals surface area contributed by atoms with Crippen molar-refractivity contribution in [2.45, 2.75) is 33.1 Å². The average molecular weight is 401 g/mol. The van der Waals surface area contributed by atoms with Crippen LogP contribution < -0.4 is 9.62 Å². The molecule has 1 atom stereocenters. The molecule has 2 aromatic carbocycles. The fourth-order valence-electron chi connectivity index (χ4n) is 3.28. The Hall–Kier alpha value is -2.67. The lowest BCUT2D eigenvalue weighted by molar-refractivity contribution is -0.119. The van der Waals surface area contributed by atoms with E-state index in [2.05, 4.69) is 26.1 Å². The molecule has 2 amide bonds. The summed E-state index contributed by atoms with van der Waals surface area (Å²) in [7, 11) is -3.66. The highest BCUT2D eigenvalue weighted by Crippen LogP contribution is 2.30. The van der Waals surface area contributed by atoms with Crippen LogP contribution in [0, 0.1) is 5.92 Å². The van der Waals surface area contributed by atoms with Gasteiger partial charge in [0.25, 0.3) is 5.91 Å². The molecule has 2 aromatic rings. The van der Waals surface area contributed by atoms with E-state index < -0.39 is 21.8 Å². The Morgan fingerprint density at radius 3 is 2.21 bits per heavy atom. The van der Waals surface area contributed by atoms with Gasteiger partial charge in [-0.1, -0.05) is 45.9 Å². The molecule has 148 valence electrons. The normalized spacial score (nSPS) is 18.9. The third-order valence-corrected chi connectivity index (χ3v) is 6.58. The molecular formula is C21H24N2O4S. The molecule has 28 heavy (non-hydrogen) atoms. The van der Waals surface area contributed by atoms with E-state index in [0.717, 1.165) is 15.6 Å².